The van der Waals surface area contributed by atoms with Crippen molar-refractivity contribution in [1.29, 1.82) is 0 Å². The summed E-state index contributed by atoms with van der Waals surface area (Å²) in [6.45, 7) is 7.25. The highest BCUT2D eigenvalue weighted by molar-refractivity contribution is 5.83. The van der Waals surface area contributed by atoms with E-state index in [4.69, 9.17) is 4.74 Å². The van der Waals surface area contributed by atoms with E-state index in [1.54, 1.807) is 0 Å². The standard InChI is InChI=1S/C16H28O3/c1-15(2,18)9-10-19-11-12-6-7-13-14(17)5-4-8-16(12,13)3/h12-13,18H,4-11H2,1-3H3/t12-,13?,16-/m1/s1. The number of hydrogen-bond acceptors (Lipinski definition) is 3. The molecule has 0 radical (unpaired) electrons. The Morgan fingerprint density at radius 1 is 1.42 bits per heavy atom. The molecule has 3 nitrogen and oxygen atoms in total. The number of Topliss-reactive ketones (excluding diaryl/α,β-unsaturated/α-hetero) is 1. The number of ether oxygens (including phenoxy) is 1. The number of aliphatic hydroxyl groups is 1. The summed E-state index contributed by atoms with van der Waals surface area (Å²) in [5.41, 5.74) is -0.479. The molecule has 0 aromatic carbocycles. The summed E-state index contributed by atoms with van der Waals surface area (Å²) in [7, 11) is 0. The van der Waals surface area contributed by atoms with Gasteiger partial charge in [-0.05, 0) is 57.3 Å². The van der Waals surface area contributed by atoms with Crippen molar-refractivity contribution in [2.24, 2.45) is 17.3 Å². The monoisotopic (exact) mass is 268 g/mol. The Morgan fingerprint density at radius 3 is 2.84 bits per heavy atom. The van der Waals surface area contributed by atoms with Crippen molar-refractivity contribution in [3.63, 3.8) is 0 Å². The molecule has 19 heavy (non-hydrogen) atoms. The summed E-state index contributed by atoms with van der Waals surface area (Å²) in [4.78, 5) is 12.0. The third-order valence-corrected chi connectivity index (χ3v) is 5.24. The van der Waals surface area contributed by atoms with Gasteiger partial charge in [0.1, 0.15) is 5.78 Å². The molecule has 0 heterocycles. The lowest BCUT2D eigenvalue weighted by Crippen LogP contribution is -2.38. The number of hydrogen-bond donors (Lipinski definition) is 1. The van der Waals surface area contributed by atoms with E-state index in [2.05, 4.69) is 6.92 Å². The van der Waals surface area contributed by atoms with Crippen molar-refractivity contribution in [2.45, 2.75) is 64.9 Å². The summed E-state index contributed by atoms with van der Waals surface area (Å²) >= 11 is 0. The van der Waals surface area contributed by atoms with E-state index in [1.165, 1.54) is 6.42 Å². The lowest BCUT2D eigenvalue weighted by molar-refractivity contribution is -0.130. The van der Waals surface area contributed by atoms with Gasteiger partial charge in [-0.3, -0.25) is 4.79 Å². The molecule has 3 atom stereocenters. The van der Waals surface area contributed by atoms with Crippen LogP contribution in [0.25, 0.3) is 0 Å². The molecule has 0 aromatic rings. The Bertz CT molecular complexity index is 331. The zero-order valence-electron chi connectivity index (χ0n) is 12.6. The first-order valence-electron chi connectivity index (χ1n) is 7.66. The highest BCUT2D eigenvalue weighted by atomic mass is 16.5. The quantitative estimate of drug-likeness (QED) is 0.780. The van der Waals surface area contributed by atoms with Gasteiger partial charge in [-0.15, -0.1) is 0 Å². The van der Waals surface area contributed by atoms with Gasteiger partial charge in [-0.25, -0.2) is 0 Å². The molecular weight excluding hydrogens is 240 g/mol. The molecule has 1 unspecified atom stereocenters. The van der Waals surface area contributed by atoms with Gasteiger partial charge in [0.15, 0.2) is 0 Å². The zero-order chi connectivity index (χ0) is 14.1. The van der Waals surface area contributed by atoms with Gasteiger partial charge in [0.2, 0.25) is 0 Å². The maximum absolute atomic E-state index is 12.0. The Labute approximate surface area is 116 Å². The molecule has 0 bridgehead atoms. The zero-order valence-corrected chi connectivity index (χ0v) is 12.6. The van der Waals surface area contributed by atoms with E-state index >= 15 is 0 Å². The predicted octanol–water partition coefficient (Wildman–Crippen LogP) is 2.95. The second-order valence-electron chi connectivity index (χ2n) is 7.29. The minimum atomic E-state index is -0.650. The van der Waals surface area contributed by atoms with E-state index in [-0.39, 0.29) is 11.3 Å². The maximum atomic E-state index is 12.0. The first-order chi connectivity index (χ1) is 8.83. The fourth-order valence-electron chi connectivity index (χ4n) is 3.86. The van der Waals surface area contributed by atoms with Crippen molar-refractivity contribution >= 4 is 5.78 Å². The Kier molecular flexibility index (Phi) is 4.36. The van der Waals surface area contributed by atoms with Gasteiger partial charge in [-0.2, -0.15) is 0 Å². The summed E-state index contributed by atoms with van der Waals surface area (Å²) < 4.78 is 5.77. The SMILES string of the molecule is CC(C)(O)CCOC[C@H]1CCC2C(=O)CCC[C@@]21C. The molecule has 2 saturated carbocycles. The van der Waals surface area contributed by atoms with Crippen molar-refractivity contribution in [1.82, 2.24) is 0 Å². The molecule has 0 spiro atoms. The molecule has 0 aromatic heterocycles. The van der Waals surface area contributed by atoms with Gasteiger partial charge >= 0.3 is 0 Å². The molecule has 2 aliphatic rings. The van der Waals surface area contributed by atoms with Gasteiger partial charge in [-0.1, -0.05) is 6.92 Å². The van der Waals surface area contributed by atoms with Crippen molar-refractivity contribution in [3.05, 3.63) is 0 Å². The first-order valence-corrected chi connectivity index (χ1v) is 7.66. The summed E-state index contributed by atoms with van der Waals surface area (Å²) in [5.74, 6) is 1.28. The normalized spacial score (nSPS) is 35.5. The van der Waals surface area contributed by atoms with Gasteiger partial charge < -0.3 is 9.84 Å². The topological polar surface area (TPSA) is 46.5 Å². The number of rotatable bonds is 5. The molecule has 0 aliphatic heterocycles. The molecule has 1 N–H and O–H groups in total. The van der Waals surface area contributed by atoms with Crippen LogP contribution in [0, 0.1) is 17.3 Å². The molecule has 2 fully saturated rings. The van der Waals surface area contributed by atoms with E-state index in [0.717, 1.165) is 32.3 Å². The van der Waals surface area contributed by atoms with Crippen LogP contribution in [0.5, 0.6) is 0 Å². The van der Waals surface area contributed by atoms with Gasteiger partial charge in [0.05, 0.1) is 5.60 Å². The Morgan fingerprint density at radius 2 is 2.16 bits per heavy atom. The van der Waals surface area contributed by atoms with Crippen LogP contribution < -0.4 is 0 Å². The lowest BCUT2D eigenvalue weighted by atomic mass is 9.65. The van der Waals surface area contributed by atoms with Crippen molar-refractivity contribution < 1.29 is 14.6 Å². The van der Waals surface area contributed by atoms with Crippen LogP contribution in [0.2, 0.25) is 0 Å². The second-order valence-corrected chi connectivity index (χ2v) is 7.29. The number of carbonyl (C=O) groups is 1. The van der Waals surface area contributed by atoms with Crippen LogP contribution in [0.4, 0.5) is 0 Å². The molecule has 2 aliphatic carbocycles. The summed E-state index contributed by atoms with van der Waals surface area (Å²) in [6.07, 6.45) is 5.84. The van der Waals surface area contributed by atoms with Crippen LogP contribution in [0.1, 0.15) is 59.3 Å². The fourth-order valence-corrected chi connectivity index (χ4v) is 3.86. The fraction of sp³-hybridized carbons (Fsp3) is 0.938. The number of fused-ring (bicyclic) bond motifs is 1. The third kappa shape index (κ3) is 3.38. The molecule has 3 heteroatoms. The van der Waals surface area contributed by atoms with E-state index in [9.17, 15) is 9.90 Å². The highest BCUT2D eigenvalue weighted by Gasteiger charge is 2.50. The van der Waals surface area contributed by atoms with Gasteiger partial charge in [0, 0.05) is 25.6 Å². The summed E-state index contributed by atoms with van der Waals surface area (Å²) in [6, 6.07) is 0. The van der Waals surface area contributed by atoms with Crippen LogP contribution in [0.15, 0.2) is 0 Å². The molecular formula is C16H28O3. The minimum Gasteiger partial charge on any atom is -0.390 e. The largest absolute Gasteiger partial charge is 0.390 e. The Hall–Kier alpha value is -0.410. The number of ketones is 1. The highest BCUT2D eigenvalue weighted by Crippen LogP contribution is 2.54. The van der Waals surface area contributed by atoms with Crippen molar-refractivity contribution in [3.8, 4) is 0 Å². The Balaban J connectivity index is 1.83. The van der Waals surface area contributed by atoms with Crippen LogP contribution in [-0.2, 0) is 9.53 Å². The molecule has 2 rings (SSSR count). The number of carbonyl (C=O) groups excluding carboxylic acids is 1. The van der Waals surface area contributed by atoms with E-state index in [0.29, 0.717) is 24.7 Å². The molecule has 0 saturated heterocycles. The molecule has 0 amide bonds. The predicted molar refractivity (Wildman–Crippen MR) is 74.9 cm³/mol. The van der Waals surface area contributed by atoms with Gasteiger partial charge in [0.25, 0.3) is 0 Å². The van der Waals surface area contributed by atoms with E-state index < -0.39 is 5.60 Å². The van der Waals surface area contributed by atoms with Crippen LogP contribution >= 0.6 is 0 Å². The smallest absolute Gasteiger partial charge is 0.136 e. The first kappa shape index (κ1) is 15.0. The van der Waals surface area contributed by atoms with Crippen molar-refractivity contribution in [2.75, 3.05) is 13.2 Å². The average molecular weight is 268 g/mol. The second kappa shape index (κ2) is 5.53. The van der Waals surface area contributed by atoms with Crippen LogP contribution in [0.3, 0.4) is 0 Å². The summed E-state index contributed by atoms with van der Waals surface area (Å²) in [5, 5.41) is 9.66. The van der Waals surface area contributed by atoms with Crippen LogP contribution in [-0.4, -0.2) is 29.7 Å². The maximum Gasteiger partial charge on any atom is 0.136 e. The minimum absolute atomic E-state index is 0.171. The third-order valence-electron chi connectivity index (χ3n) is 5.24. The van der Waals surface area contributed by atoms with E-state index in [1.807, 2.05) is 13.8 Å². The average Bonchev–Trinajstić information content (AvgIpc) is 2.62. The molecule has 110 valence electrons. The lowest BCUT2D eigenvalue weighted by Gasteiger charge is -2.39.